The number of benzene rings is 1. The van der Waals surface area contributed by atoms with Crippen LogP contribution in [0.2, 0.25) is 0 Å². The van der Waals surface area contributed by atoms with Crippen molar-refractivity contribution >= 4 is 5.91 Å². The number of nitrogens with zero attached hydrogens (tertiary/aromatic N) is 2. The average Bonchev–Trinajstić information content (AvgIpc) is 3.15. The summed E-state index contributed by atoms with van der Waals surface area (Å²) in [4.78, 5) is 20.0. The molecule has 0 spiro atoms. The second-order valence-corrected chi connectivity index (χ2v) is 9.86. The molecule has 2 aliphatic rings. The van der Waals surface area contributed by atoms with Crippen LogP contribution in [-0.4, -0.2) is 34.0 Å². The van der Waals surface area contributed by atoms with E-state index in [1.54, 1.807) is 6.20 Å². The third-order valence-corrected chi connectivity index (χ3v) is 7.37. The normalized spacial score (nSPS) is 24.2. The number of hydrogen-bond acceptors (Lipinski definition) is 4. The maximum atomic E-state index is 13.0. The summed E-state index contributed by atoms with van der Waals surface area (Å²) in [6.45, 7) is 8.50. The van der Waals surface area contributed by atoms with Crippen LogP contribution in [0.25, 0.3) is 0 Å². The molecule has 32 heavy (non-hydrogen) atoms. The fourth-order valence-corrected chi connectivity index (χ4v) is 5.39. The molecule has 5 heteroatoms. The monoisotopic (exact) mass is 435 g/mol. The minimum Gasteiger partial charge on any atom is -0.394 e. The van der Waals surface area contributed by atoms with Crippen LogP contribution in [0.5, 0.6) is 0 Å². The third kappa shape index (κ3) is 5.05. The lowest BCUT2D eigenvalue weighted by Gasteiger charge is -2.32. The lowest BCUT2D eigenvalue weighted by molar-refractivity contribution is 0.0914. The molecule has 1 aliphatic carbocycles. The first kappa shape index (κ1) is 22.9. The summed E-state index contributed by atoms with van der Waals surface area (Å²) in [6.07, 6.45) is 8.24. The third-order valence-electron chi connectivity index (χ3n) is 7.37. The molecule has 172 valence electrons. The van der Waals surface area contributed by atoms with Crippen molar-refractivity contribution in [3.63, 3.8) is 0 Å². The van der Waals surface area contributed by atoms with Gasteiger partial charge in [0.2, 0.25) is 0 Å². The van der Waals surface area contributed by atoms with Crippen LogP contribution in [0.15, 0.2) is 36.5 Å². The smallest absolute Gasteiger partial charge is 0.251 e. The van der Waals surface area contributed by atoms with E-state index >= 15 is 0 Å². The fraction of sp³-hybridized carbons (Fsp3) is 0.556. The van der Waals surface area contributed by atoms with Crippen LogP contribution >= 0.6 is 0 Å². The minimum atomic E-state index is -0.509. The number of aliphatic hydroxyl groups excluding tert-OH is 1. The number of aromatic nitrogens is 1. The average molecular weight is 436 g/mol. The quantitative estimate of drug-likeness (QED) is 0.646. The van der Waals surface area contributed by atoms with Gasteiger partial charge in [-0.25, -0.2) is 0 Å². The highest BCUT2D eigenvalue weighted by atomic mass is 16.3. The van der Waals surface area contributed by atoms with Gasteiger partial charge in [0.1, 0.15) is 0 Å². The molecule has 0 bridgehead atoms. The molecule has 1 fully saturated rings. The Kier molecular flexibility index (Phi) is 7.27. The minimum absolute atomic E-state index is 0.165. The molecular formula is C27H37N3O2. The molecule has 0 unspecified atom stereocenters. The van der Waals surface area contributed by atoms with E-state index in [9.17, 15) is 9.90 Å². The van der Waals surface area contributed by atoms with Gasteiger partial charge in [0.15, 0.2) is 0 Å². The molecule has 5 nitrogen and oxygen atoms in total. The molecule has 4 rings (SSSR count). The van der Waals surface area contributed by atoms with Crippen molar-refractivity contribution in [3.05, 3.63) is 64.5 Å². The molecule has 2 heterocycles. The molecule has 1 aromatic heterocycles. The van der Waals surface area contributed by atoms with Crippen LogP contribution in [-0.2, 0) is 6.54 Å². The molecule has 2 atom stereocenters. The van der Waals surface area contributed by atoms with Gasteiger partial charge < -0.3 is 10.4 Å². The van der Waals surface area contributed by atoms with Crippen LogP contribution < -0.4 is 5.32 Å². The summed E-state index contributed by atoms with van der Waals surface area (Å²) in [5.74, 6) is 1.51. The predicted molar refractivity (Wildman–Crippen MR) is 127 cm³/mol. The van der Waals surface area contributed by atoms with Crippen LogP contribution in [0.3, 0.4) is 0 Å². The second kappa shape index (κ2) is 10.1. The maximum absolute atomic E-state index is 13.0. The van der Waals surface area contributed by atoms with E-state index in [0.29, 0.717) is 17.3 Å². The summed E-state index contributed by atoms with van der Waals surface area (Å²) in [6, 6.07) is 9.86. The first-order valence-corrected chi connectivity index (χ1v) is 12.2. The van der Waals surface area contributed by atoms with E-state index in [4.69, 9.17) is 0 Å². The summed E-state index contributed by atoms with van der Waals surface area (Å²) in [5, 5.41) is 12.8. The zero-order valence-electron chi connectivity index (χ0n) is 19.7. The highest BCUT2D eigenvalue weighted by molar-refractivity contribution is 5.94. The van der Waals surface area contributed by atoms with Crippen molar-refractivity contribution in [2.75, 3.05) is 13.2 Å². The van der Waals surface area contributed by atoms with Crippen molar-refractivity contribution in [3.8, 4) is 0 Å². The zero-order valence-corrected chi connectivity index (χ0v) is 19.7. The summed E-state index contributed by atoms with van der Waals surface area (Å²) >= 11 is 0. The Labute approximate surface area is 192 Å². The molecule has 1 amide bonds. The molecular weight excluding hydrogens is 398 g/mol. The topological polar surface area (TPSA) is 65.5 Å². The first-order chi connectivity index (χ1) is 15.5. The van der Waals surface area contributed by atoms with Crippen LogP contribution in [0.1, 0.15) is 90.8 Å². The van der Waals surface area contributed by atoms with Crippen molar-refractivity contribution in [2.24, 2.45) is 11.8 Å². The van der Waals surface area contributed by atoms with Gasteiger partial charge in [-0.2, -0.15) is 0 Å². The van der Waals surface area contributed by atoms with Crippen LogP contribution in [0, 0.1) is 18.8 Å². The Morgan fingerprint density at radius 3 is 2.66 bits per heavy atom. The maximum Gasteiger partial charge on any atom is 0.251 e. The summed E-state index contributed by atoms with van der Waals surface area (Å²) in [7, 11) is 0. The van der Waals surface area contributed by atoms with Crippen molar-refractivity contribution in [1.82, 2.24) is 15.2 Å². The number of rotatable bonds is 7. The van der Waals surface area contributed by atoms with Gasteiger partial charge in [-0.05, 0) is 72.9 Å². The van der Waals surface area contributed by atoms with Gasteiger partial charge in [-0.1, -0.05) is 38.8 Å². The number of hydrogen-bond donors (Lipinski definition) is 2. The molecule has 1 aliphatic heterocycles. The zero-order chi connectivity index (χ0) is 22.7. The summed E-state index contributed by atoms with van der Waals surface area (Å²) < 4.78 is 0. The van der Waals surface area contributed by atoms with Crippen molar-refractivity contribution in [2.45, 2.75) is 71.5 Å². The molecule has 0 radical (unpaired) electrons. The number of pyridine rings is 1. The lowest BCUT2D eigenvalue weighted by Crippen LogP contribution is -2.31. The lowest BCUT2D eigenvalue weighted by atomic mass is 9.82. The molecule has 0 saturated heterocycles. The Morgan fingerprint density at radius 1 is 1.22 bits per heavy atom. The number of nitrogens with one attached hydrogen (secondary N) is 1. The number of aliphatic hydroxyl groups is 1. The molecule has 1 saturated carbocycles. The van der Waals surface area contributed by atoms with E-state index in [2.05, 4.69) is 35.1 Å². The van der Waals surface area contributed by atoms with Gasteiger partial charge in [0.05, 0.1) is 18.3 Å². The summed E-state index contributed by atoms with van der Waals surface area (Å²) in [5.41, 5.74) is 5.01. The second-order valence-electron chi connectivity index (χ2n) is 9.86. The Balaban J connectivity index is 1.44. The standard InChI is InChI=1S/C27H37N3O2/c1-4-26-23-11-10-21(27(32)29-25(17-31)24-12-7-19(3)14-28-24)13-22(23)16-30(26)15-20-8-5-18(2)6-9-20/h7,10-14,18,20,25-26,31H,4-6,8-9,15-17H2,1-3H3,(H,29,32)/t18?,20?,25-,26+/m0/s1. The number of carbonyl (C=O) groups is 1. The van der Waals surface area contributed by atoms with Crippen molar-refractivity contribution < 1.29 is 9.90 Å². The number of aryl methyl sites for hydroxylation is 1. The highest BCUT2D eigenvalue weighted by Crippen LogP contribution is 2.39. The van der Waals surface area contributed by atoms with E-state index in [-0.39, 0.29) is 12.5 Å². The SMILES string of the molecule is CC[C@@H]1c2ccc(C(=O)N[C@@H](CO)c3ccc(C)cn3)cc2CN1CC1CCC(C)CC1. The van der Waals surface area contributed by atoms with Gasteiger partial charge in [0, 0.05) is 30.9 Å². The van der Waals surface area contributed by atoms with Gasteiger partial charge in [-0.3, -0.25) is 14.7 Å². The number of fused-ring (bicyclic) bond motifs is 1. The Bertz CT molecular complexity index is 919. The van der Waals surface area contributed by atoms with Gasteiger partial charge >= 0.3 is 0 Å². The van der Waals surface area contributed by atoms with Crippen molar-refractivity contribution in [1.29, 1.82) is 0 Å². The highest BCUT2D eigenvalue weighted by Gasteiger charge is 2.32. The van der Waals surface area contributed by atoms with E-state index in [0.717, 1.165) is 36.9 Å². The van der Waals surface area contributed by atoms with E-state index < -0.39 is 6.04 Å². The Morgan fingerprint density at radius 2 is 2.00 bits per heavy atom. The predicted octanol–water partition coefficient (Wildman–Crippen LogP) is 4.95. The largest absolute Gasteiger partial charge is 0.394 e. The molecule has 2 N–H and O–H groups in total. The number of amides is 1. The molecule has 1 aromatic carbocycles. The van der Waals surface area contributed by atoms with E-state index in [1.165, 1.54) is 36.8 Å². The van der Waals surface area contributed by atoms with Gasteiger partial charge in [0.25, 0.3) is 5.91 Å². The van der Waals surface area contributed by atoms with Gasteiger partial charge in [-0.15, -0.1) is 0 Å². The van der Waals surface area contributed by atoms with E-state index in [1.807, 2.05) is 31.2 Å². The van der Waals surface area contributed by atoms with Crippen LogP contribution in [0.4, 0.5) is 0 Å². The Hall–Kier alpha value is -2.24. The molecule has 2 aromatic rings. The first-order valence-electron chi connectivity index (χ1n) is 12.2. The fourth-order valence-electron chi connectivity index (χ4n) is 5.39. The number of carbonyl (C=O) groups excluding carboxylic acids is 1.